The van der Waals surface area contributed by atoms with Crippen molar-refractivity contribution in [3.63, 3.8) is 0 Å². The molecule has 0 bridgehead atoms. The summed E-state index contributed by atoms with van der Waals surface area (Å²) in [7, 11) is 0. The first-order chi connectivity index (χ1) is 16.5. The highest BCUT2D eigenvalue weighted by Gasteiger charge is 2.29. The van der Waals surface area contributed by atoms with E-state index in [0.717, 1.165) is 57.7 Å². The smallest absolute Gasteiger partial charge is 0.234 e. The largest absolute Gasteiger partial charge is 0.355 e. The Balaban J connectivity index is 1.21. The Labute approximate surface area is 204 Å². The lowest BCUT2D eigenvalue weighted by Gasteiger charge is -2.35. The van der Waals surface area contributed by atoms with Crippen molar-refractivity contribution in [3.05, 3.63) is 42.0 Å². The number of hydrogen-bond donors (Lipinski definition) is 1. The number of likely N-dealkylation sites (tertiary alicyclic amines) is 1. The predicted molar refractivity (Wildman–Crippen MR) is 133 cm³/mol. The third-order valence-corrected chi connectivity index (χ3v) is 7.31. The first kappa shape index (κ1) is 24.2. The van der Waals surface area contributed by atoms with Gasteiger partial charge in [-0.25, -0.2) is 0 Å². The van der Waals surface area contributed by atoms with Gasteiger partial charge in [-0.3, -0.25) is 14.4 Å². The fourth-order valence-electron chi connectivity index (χ4n) is 4.41. The molecule has 0 spiro atoms. The van der Waals surface area contributed by atoms with E-state index < -0.39 is 0 Å². The molecule has 2 amide bonds. The molecule has 2 saturated heterocycles. The molecule has 2 aliphatic heterocycles. The van der Waals surface area contributed by atoms with E-state index in [1.807, 2.05) is 17.0 Å². The number of thioether (sulfide) groups is 1. The maximum atomic E-state index is 12.8. The summed E-state index contributed by atoms with van der Waals surface area (Å²) < 4.78 is 0. The molecule has 0 atom stereocenters. The second kappa shape index (κ2) is 11.5. The van der Waals surface area contributed by atoms with Crippen LogP contribution in [0.5, 0.6) is 0 Å². The summed E-state index contributed by atoms with van der Waals surface area (Å²) in [5.41, 5.74) is 1.26. The molecule has 1 aromatic carbocycles. The molecule has 0 unspecified atom stereocenters. The topological polar surface area (TPSA) is 95.5 Å². The molecule has 0 saturated carbocycles. The van der Waals surface area contributed by atoms with Crippen molar-refractivity contribution >= 4 is 40.9 Å². The van der Waals surface area contributed by atoms with Crippen molar-refractivity contribution in [3.8, 4) is 0 Å². The number of carbonyl (C=O) groups excluding carboxylic acids is 3. The zero-order valence-corrected chi connectivity index (χ0v) is 20.4. The van der Waals surface area contributed by atoms with Crippen LogP contribution in [0.3, 0.4) is 0 Å². The minimum absolute atomic E-state index is 0.00855. The van der Waals surface area contributed by atoms with E-state index in [-0.39, 0.29) is 23.4 Å². The molecule has 2 fully saturated rings. The van der Waals surface area contributed by atoms with Gasteiger partial charge in [0, 0.05) is 43.3 Å². The predicted octanol–water partition coefficient (Wildman–Crippen LogP) is 3.64. The Kier molecular flexibility index (Phi) is 8.16. The van der Waals surface area contributed by atoms with E-state index in [0.29, 0.717) is 22.2 Å². The van der Waals surface area contributed by atoms with Crippen LogP contribution in [0.15, 0.2) is 41.4 Å². The third kappa shape index (κ3) is 6.34. The molecule has 1 aromatic heterocycles. The summed E-state index contributed by atoms with van der Waals surface area (Å²) in [5, 5.41) is 12.1. The second-order valence-electron chi connectivity index (χ2n) is 8.85. The van der Waals surface area contributed by atoms with Crippen molar-refractivity contribution in [1.29, 1.82) is 0 Å². The quantitative estimate of drug-likeness (QED) is 0.476. The van der Waals surface area contributed by atoms with Gasteiger partial charge in [0.15, 0.2) is 11.6 Å². The number of anilines is 2. The van der Waals surface area contributed by atoms with Gasteiger partial charge in [-0.2, -0.15) is 0 Å². The number of amides is 2. The molecule has 0 radical (unpaired) electrons. The van der Waals surface area contributed by atoms with Crippen molar-refractivity contribution in [2.75, 3.05) is 42.1 Å². The summed E-state index contributed by atoms with van der Waals surface area (Å²) in [5.74, 6) is 1.31. The van der Waals surface area contributed by atoms with Crippen LogP contribution in [0.2, 0.25) is 0 Å². The van der Waals surface area contributed by atoms with E-state index in [1.54, 1.807) is 24.3 Å². The van der Waals surface area contributed by atoms with E-state index in [2.05, 4.69) is 20.4 Å². The number of aromatic nitrogens is 2. The number of benzene rings is 1. The van der Waals surface area contributed by atoms with Crippen LogP contribution < -0.4 is 10.2 Å². The van der Waals surface area contributed by atoms with Crippen LogP contribution in [0, 0.1) is 5.92 Å². The van der Waals surface area contributed by atoms with Crippen LogP contribution >= 0.6 is 11.8 Å². The number of nitrogens with one attached hydrogen (secondary N) is 1. The molecule has 3 heterocycles. The normalized spacial score (nSPS) is 16.9. The molecule has 1 N–H and O–H groups in total. The Morgan fingerprint density at radius 3 is 2.26 bits per heavy atom. The fraction of sp³-hybridized carbons (Fsp3) is 0.480. The molecule has 9 heteroatoms. The van der Waals surface area contributed by atoms with Crippen LogP contribution in [-0.4, -0.2) is 64.6 Å². The molecule has 2 aromatic rings. The highest BCUT2D eigenvalue weighted by Crippen LogP contribution is 2.25. The van der Waals surface area contributed by atoms with E-state index in [1.165, 1.54) is 25.1 Å². The second-order valence-corrected chi connectivity index (χ2v) is 9.84. The highest BCUT2D eigenvalue weighted by atomic mass is 32.2. The zero-order chi connectivity index (χ0) is 23.9. The summed E-state index contributed by atoms with van der Waals surface area (Å²) in [6, 6.07) is 10.6. The zero-order valence-electron chi connectivity index (χ0n) is 19.5. The summed E-state index contributed by atoms with van der Waals surface area (Å²) in [6.07, 6.45) is 5.18. The lowest BCUT2D eigenvalue weighted by Crippen LogP contribution is -2.44. The third-order valence-electron chi connectivity index (χ3n) is 6.39. The molecule has 180 valence electrons. The lowest BCUT2D eigenvalue weighted by atomic mass is 9.94. The van der Waals surface area contributed by atoms with Gasteiger partial charge in [0.25, 0.3) is 0 Å². The fourth-order valence-corrected chi connectivity index (χ4v) is 5.03. The Morgan fingerprint density at radius 2 is 1.65 bits per heavy atom. The number of rotatable bonds is 7. The van der Waals surface area contributed by atoms with Crippen molar-refractivity contribution < 1.29 is 14.4 Å². The van der Waals surface area contributed by atoms with Gasteiger partial charge in [-0.1, -0.05) is 11.8 Å². The standard InChI is InChI=1S/C25H31N5O3S/c1-18(31)19-5-7-21(8-6-19)26-23(32)17-34-24-10-9-22(27-28-24)29-15-11-20(12-16-29)25(33)30-13-3-2-4-14-30/h5-10,20H,2-4,11-17H2,1H3,(H,26,32). The SMILES string of the molecule is CC(=O)c1ccc(NC(=O)CSc2ccc(N3CCC(C(=O)N4CCCCC4)CC3)nn2)cc1. The maximum Gasteiger partial charge on any atom is 0.234 e. The number of piperidine rings is 2. The monoisotopic (exact) mass is 481 g/mol. The Hall–Kier alpha value is -2.94. The lowest BCUT2D eigenvalue weighted by molar-refractivity contribution is -0.137. The number of ketones is 1. The average Bonchev–Trinajstić information content (AvgIpc) is 2.88. The van der Waals surface area contributed by atoms with Crippen LogP contribution in [-0.2, 0) is 9.59 Å². The number of carbonyl (C=O) groups is 3. The average molecular weight is 482 g/mol. The van der Waals surface area contributed by atoms with Gasteiger partial charge in [0.2, 0.25) is 11.8 Å². The number of Topliss-reactive ketones (excluding diaryl/α,β-unsaturated/α-hetero) is 1. The van der Waals surface area contributed by atoms with Crippen molar-refractivity contribution in [1.82, 2.24) is 15.1 Å². The number of hydrogen-bond acceptors (Lipinski definition) is 7. The molecule has 8 nitrogen and oxygen atoms in total. The minimum atomic E-state index is -0.146. The summed E-state index contributed by atoms with van der Waals surface area (Å²) in [4.78, 5) is 40.6. The molecular weight excluding hydrogens is 450 g/mol. The molecule has 4 rings (SSSR count). The Morgan fingerprint density at radius 1 is 0.941 bits per heavy atom. The molecular formula is C25H31N5O3S. The highest BCUT2D eigenvalue weighted by molar-refractivity contribution is 7.99. The van der Waals surface area contributed by atoms with Gasteiger partial charge >= 0.3 is 0 Å². The molecule has 0 aliphatic carbocycles. The number of nitrogens with zero attached hydrogens (tertiary/aromatic N) is 4. The van der Waals surface area contributed by atoms with Gasteiger partial charge in [0.05, 0.1) is 5.75 Å². The van der Waals surface area contributed by atoms with Crippen LogP contribution in [0.1, 0.15) is 49.4 Å². The first-order valence-corrected chi connectivity index (χ1v) is 12.9. The van der Waals surface area contributed by atoms with E-state index in [9.17, 15) is 14.4 Å². The van der Waals surface area contributed by atoms with E-state index >= 15 is 0 Å². The van der Waals surface area contributed by atoms with E-state index in [4.69, 9.17) is 0 Å². The minimum Gasteiger partial charge on any atom is -0.355 e. The summed E-state index contributed by atoms with van der Waals surface area (Å²) >= 11 is 1.32. The van der Waals surface area contributed by atoms with Crippen LogP contribution in [0.25, 0.3) is 0 Å². The van der Waals surface area contributed by atoms with Crippen molar-refractivity contribution in [2.24, 2.45) is 5.92 Å². The van der Waals surface area contributed by atoms with Crippen molar-refractivity contribution in [2.45, 2.75) is 44.1 Å². The van der Waals surface area contributed by atoms with Gasteiger partial charge in [-0.15, -0.1) is 10.2 Å². The van der Waals surface area contributed by atoms with Crippen LogP contribution in [0.4, 0.5) is 11.5 Å². The van der Waals surface area contributed by atoms with Gasteiger partial charge in [0.1, 0.15) is 5.03 Å². The molecule has 2 aliphatic rings. The summed E-state index contributed by atoms with van der Waals surface area (Å²) in [6.45, 7) is 4.93. The van der Waals surface area contributed by atoms with Gasteiger partial charge in [-0.05, 0) is 75.4 Å². The van der Waals surface area contributed by atoms with Gasteiger partial charge < -0.3 is 15.1 Å². The maximum absolute atomic E-state index is 12.8. The Bertz CT molecular complexity index is 998. The molecule has 34 heavy (non-hydrogen) atoms. The first-order valence-electron chi connectivity index (χ1n) is 11.9.